The summed E-state index contributed by atoms with van der Waals surface area (Å²) in [6, 6.07) is 9.12. The third kappa shape index (κ3) is 1.95. The second-order valence-electron chi connectivity index (χ2n) is 5.22. The number of H-pyrrole nitrogens is 1. The Hall–Kier alpha value is -1.61. The number of hydrogen-bond acceptors (Lipinski definition) is 2. The van der Waals surface area contributed by atoms with Crippen molar-refractivity contribution in [3.8, 4) is 0 Å². The van der Waals surface area contributed by atoms with E-state index in [-0.39, 0.29) is 6.04 Å². The average molecular weight is 241 g/mol. The Bertz CT molecular complexity index is 525. The summed E-state index contributed by atoms with van der Waals surface area (Å²) in [5.41, 5.74) is 5.11. The topological polar surface area (TPSA) is 40.7 Å². The van der Waals surface area contributed by atoms with Crippen molar-refractivity contribution in [2.24, 2.45) is 0 Å². The Morgan fingerprint density at radius 2 is 2.00 bits per heavy atom. The van der Waals surface area contributed by atoms with Gasteiger partial charge in [0.25, 0.3) is 0 Å². The van der Waals surface area contributed by atoms with E-state index in [4.69, 9.17) is 0 Å². The van der Waals surface area contributed by atoms with Gasteiger partial charge in [-0.2, -0.15) is 0 Å². The second kappa shape index (κ2) is 4.58. The maximum Gasteiger partial charge on any atom is 0.0926 e. The molecule has 1 atom stereocenters. The maximum atomic E-state index is 4.45. The molecule has 3 heteroatoms. The number of nitrogens with zero attached hydrogens (tertiary/aromatic N) is 1. The summed E-state index contributed by atoms with van der Waals surface area (Å²) in [5.74, 6) is 0.583. The smallest absolute Gasteiger partial charge is 0.0926 e. The fourth-order valence-electron chi connectivity index (χ4n) is 2.57. The van der Waals surface area contributed by atoms with E-state index in [0.717, 1.165) is 18.7 Å². The van der Waals surface area contributed by atoms with Crippen LogP contribution in [-0.2, 0) is 6.42 Å². The number of nitrogens with one attached hydrogen (secondary N) is 2. The molecule has 0 radical (unpaired) electrons. The van der Waals surface area contributed by atoms with E-state index in [1.807, 2.05) is 0 Å². The zero-order valence-corrected chi connectivity index (χ0v) is 10.9. The highest BCUT2D eigenvalue weighted by Gasteiger charge is 2.23. The Balaban J connectivity index is 1.92. The van der Waals surface area contributed by atoms with Gasteiger partial charge in [-0.15, -0.1) is 0 Å². The van der Waals surface area contributed by atoms with Gasteiger partial charge in [-0.1, -0.05) is 38.1 Å². The van der Waals surface area contributed by atoms with Crippen molar-refractivity contribution >= 4 is 0 Å². The quantitative estimate of drug-likeness (QED) is 0.848. The molecule has 1 aliphatic rings. The van der Waals surface area contributed by atoms with Crippen LogP contribution in [0.5, 0.6) is 0 Å². The van der Waals surface area contributed by atoms with Crippen molar-refractivity contribution in [1.29, 1.82) is 0 Å². The van der Waals surface area contributed by atoms with E-state index in [9.17, 15) is 0 Å². The van der Waals surface area contributed by atoms with Gasteiger partial charge in [-0.25, -0.2) is 4.98 Å². The number of aromatic nitrogens is 2. The molecule has 18 heavy (non-hydrogen) atoms. The first-order valence-electron chi connectivity index (χ1n) is 6.61. The van der Waals surface area contributed by atoms with E-state index in [1.165, 1.54) is 16.8 Å². The van der Waals surface area contributed by atoms with E-state index in [0.29, 0.717) is 5.92 Å². The van der Waals surface area contributed by atoms with Crippen LogP contribution in [0.1, 0.15) is 48.3 Å². The third-order valence-electron chi connectivity index (χ3n) is 3.68. The van der Waals surface area contributed by atoms with Gasteiger partial charge in [0.15, 0.2) is 0 Å². The highest BCUT2D eigenvalue weighted by atomic mass is 15.0. The van der Waals surface area contributed by atoms with Crippen molar-refractivity contribution in [2.75, 3.05) is 6.54 Å². The Labute approximate surface area is 108 Å². The van der Waals surface area contributed by atoms with E-state index in [1.54, 1.807) is 6.33 Å². The molecule has 1 aliphatic heterocycles. The Morgan fingerprint density at radius 1 is 1.22 bits per heavy atom. The van der Waals surface area contributed by atoms with Gasteiger partial charge in [-0.3, -0.25) is 0 Å². The van der Waals surface area contributed by atoms with Crippen LogP contribution >= 0.6 is 0 Å². The van der Waals surface area contributed by atoms with Gasteiger partial charge in [-0.05, 0) is 17.0 Å². The number of hydrogen-bond donors (Lipinski definition) is 2. The molecule has 0 saturated heterocycles. The summed E-state index contributed by atoms with van der Waals surface area (Å²) in [4.78, 5) is 7.69. The molecule has 1 aromatic heterocycles. The molecule has 94 valence electrons. The van der Waals surface area contributed by atoms with Gasteiger partial charge in [0.05, 0.1) is 18.1 Å². The Kier molecular flexibility index (Phi) is 2.92. The van der Waals surface area contributed by atoms with Crippen molar-refractivity contribution in [3.63, 3.8) is 0 Å². The summed E-state index contributed by atoms with van der Waals surface area (Å²) in [7, 11) is 0. The minimum Gasteiger partial charge on any atom is -0.348 e. The molecule has 1 aromatic carbocycles. The minimum absolute atomic E-state index is 0.237. The molecule has 0 aliphatic carbocycles. The van der Waals surface area contributed by atoms with Crippen molar-refractivity contribution in [1.82, 2.24) is 15.3 Å². The SMILES string of the molecule is CC(C)c1ccc([C@@H]2NCCc3[nH]cnc32)cc1. The molecule has 3 rings (SSSR count). The van der Waals surface area contributed by atoms with Gasteiger partial charge >= 0.3 is 0 Å². The van der Waals surface area contributed by atoms with E-state index in [2.05, 4.69) is 53.4 Å². The highest BCUT2D eigenvalue weighted by molar-refractivity contribution is 5.34. The third-order valence-corrected chi connectivity index (χ3v) is 3.68. The van der Waals surface area contributed by atoms with Gasteiger partial charge in [0, 0.05) is 18.7 Å². The molecule has 0 amide bonds. The van der Waals surface area contributed by atoms with Crippen molar-refractivity contribution < 1.29 is 0 Å². The first kappa shape index (κ1) is 11.5. The van der Waals surface area contributed by atoms with Crippen LogP contribution in [-0.4, -0.2) is 16.5 Å². The summed E-state index contributed by atoms with van der Waals surface area (Å²) in [5, 5.41) is 3.54. The van der Waals surface area contributed by atoms with Crippen LogP contribution in [0, 0.1) is 0 Å². The van der Waals surface area contributed by atoms with Crippen molar-refractivity contribution in [3.05, 3.63) is 53.1 Å². The number of benzene rings is 1. The molecule has 0 unspecified atom stereocenters. The molecule has 2 N–H and O–H groups in total. The summed E-state index contributed by atoms with van der Waals surface area (Å²) >= 11 is 0. The predicted molar refractivity (Wildman–Crippen MR) is 72.7 cm³/mol. The lowest BCUT2D eigenvalue weighted by Gasteiger charge is -2.23. The van der Waals surface area contributed by atoms with Crippen LogP contribution in [0.15, 0.2) is 30.6 Å². The van der Waals surface area contributed by atoms with Crippen LogP contribution in [0.4, 0.5) is 0 Å². The first-order valence-corrected chi connectivity index (χ1v) is 6.61. The Morgan fingerprint density at radius 3 is 2.72 bits per heavy atom. The van der Waals surface area contributed by atoms with Crippen LogP contribution in [0.25, 0.3) is 0 Å². The molecular weight excluding hydrogens is 222 g/mol. The van der Waals surface area contributed by atoms with Crippen LogP contribution < -0.4 is 5.32 Å². The molecule has 0 fully saturated rings. The van der Waals surface area contributed by atoms with Crippen LogP contribution in [0.3, 0.4) is 0 Å². The molecule has 2 heterocycles. The average Bonchev–Trinajstić information content (AvgIpc) is 2.87. The van der Waals surface area contributed by atoms with E-state index < -0.39 is 0 Å². The molecule has 0 spiro atoms. The molecular formula is C15H19N3. The lowest BCUT2D eigenvalue weighted by atomic mass is 9.95. The second-order valence-corrected chi connectivity index (χ2v) is 5.22. The normalized spacial score (nSPS) is 18.9. The lowest BCUT2D eigenvalue weighted by molar-refractivity contribution is 0.553. The zero-order valence-electron chi connectivity index (χ0n) is 10.9. The standard InChI is InChI=1S/C15H19N3/c1-10(2)11-3-5-12(6-4-11)14-15-13(7-8-16-14)17-9-18-15/h3-6,9-10,14,16H,7-8H2,1-2H3,(H,17,18)/t14-/m0/s1. The fraction of sp³-hybridized carbons (Fsp3) is 0.400. The molecule has 3 nitrogen and oxygen atoms in total. The zero-order chi connectivity index (χ0) is 12.5. The molecule has 0 bridgehead atoms. The minimum atomic E-state index is 0.237. The first-order chi connectivity index (χ1) is 8.75. The summed E-state index contributed by atoms with van der Waals surface area (Å²) in [6.07, 6.45) is 2.84. The largest absolute Gasteiger partial charge is 0.348 e. The summed E-state index contributed by atoms with van der Waals surface area (Å²) < 4.78 is 0. The number of fused-ring (bicyclic) bond motifs is 1. The summed E-state index contributed by atoms with van der Waals surface area (Å²) in [6.45, 7) is 5.45. The van der Waals surface area contributed by atoms with Gasteiger partial charge in [0.2, 0.25) is 0 Å². The molecule has 0 saturated carbocycles. The number of imidazole rings is 1. The van der Waals surface area contributed by atoms with Gasteiger partial charge in [0.1, 0.15) is 0 Å². The maximum absolute atomic E-state index is 4.45. The van der Waals surface area contributed by atoms with Crippen molar-refractivity contribution in [2.45, 2.75) is 32.2 Å². The molecule has 2 aromatic rings. The lowest BCUT2D eigenvalue weighted by Crippen LogP contribution is -2.30. The highest BCUT2D eigenvalue weighted by Crippen LogP contribution is 2.27. The number of rotatable bonds is 2. The van der Waals surface area contributed by atoms with Gasteiger partial charge < -0.3 is 10.3 Å². The predicted octanol–water partition coefficient (Wildman–Crippen LogP) is 2.77. The fourth-order valence-corrected chi connectivity index (χ4v) is 2.57. The number of aromatic amines is 1. The van der Waals surface area contributed by atoms with Crippen LogP contribution in [0.2, 0.25) is 0 Å². The monoisotopic (exact) mass is 241 g/mol. The van der Waals surface area contributed by atoms with E-state index >= 15 is 0 Å².